The second-order valence-electron chi connectivity index (χ2n) is 8.29. The predicted octanol–water partition coefficient (Wildman–Crippen LogP) is 4.86. The fourth-order valence-electron chi connectivity index (χ4n) is 3.56. The molecule has 4 rings (SSSR count). The summed E-state index contributed by atoms with van der Waals surface area (Å²) in [5.41, 5.74) is 1.97. The monoisotopic (exact) mass is 551 g/mol. The smallest absolute Gasteiger partial charge is 0.262 e. The van der Waals surface area contributed by atoms with Crippen molar-refractivity contribution >= 4 is 43.0 Å². The fraction of sp³-hybridized carbons (Fsp3) is 0.0741. The molecule has 4 aromatic carbocycles. The Kier molecular flexibility index (Phi) is 7.70. The second kappa shape index (κ2) is 11.0. The summed E-state index contributed by atoms with van der Waals surface area (Å²) in [6.45, 7) is 1.84. The fourth-order valence-corrected chi connectivity index (χ4v) is 5.70. The van der Waals surface area contributed by atoms with E-state index in [1.807, 2.05) is 13.0 Å². The Balaban J connectivity index is 1.46. The van der Waals surface area contributed by atoms with Gasteiger partial charge in [-0.15, -0.1) is 0 Å². The summed E-state index contributed by atoms with van der Waals surface area (Å²) in [5, 5.41) is 2.68. The summed E-state index contributed by atoms with van der Waals surface area (Å²) in [6, 6.07) is 24.7. The van der Waals surface area contributed by atoms with Gasteiger partial charge in [0.1, 0.15) is 5.75 Å². The Hall–Kier alpha value is -4.35. The van der Waals surface area contributed by atoms with E-state index >= 15 is 0 Å². The van der Waals surface area contributed by atoms with Crippen LogP contribution in [0, 0.1) is 6.92 Å². The van der Waals surface area contributed by atoms with Gasteiger partial charge in [-0.1, -0.05) is 30.3 Å². The minimum Gasteiger partial charge on any atom is -0.495 e. The van der Waals surface area contributed by atoms with Crippen molar-refractivity contribution in [2.75, 3.05) is 21.9 Å². The van der Waals surface area contributed by atoms with Gasteiger partial charge >= 0.3 is 0 Å². The van der Waals surface area contributed by atoms with Crippen LogP contribution in [0.25, 0.3) is 0 Å². The van der Waals surface area contributed by atoms with E-state index in [0.717, 1.165) is 5.56 Å². The molecule has 196 valence electrons. The number of rotatable bonds is 9. The molecule has 0 saturated heterocycles. The van der Waals surface area contributed by atoms with Gasteiger partial charge in [0.15, 0.2) is 0 Å². The first-order valence-corrected chi connectivity index (χ1v) is 14.3. The SMILES string of the molecule is COc1ccc(C)cc1NS(=O)(=O)c1ccc(NC(=O)c2cccc(NS(=O)(=O)c3ccccc3)c2)cc1. The highest BCUT2D eigenvalue weighted by Crippen LogP contribution is 2.28. The zero-order valence-corrected chi connectivity index (χ0v) is 22.1. The van der Waals surface area contributed by atoms with Crippen LogP contribution in [0.2, 0.25) is 0 Å². The highest BCUT2D eigenvalue weighted by atomic mass is 32.2. The molecule has 0 aromatic heterocycles. The van der Waals surface area contributed by atoms with Gasteiger partial charge in [0.2, 0.25) is 0 Å². The number of hydrogen-bond donors (Lipinski definition) is 3. The number of hydrogen-bond acceptors (Lipinski definition) is 6. The average Bonchev–Trinajstić information content (AvgIpc) is 2.89. The molecule has 0 aliphatic rings. The molecule has 0 spiro atoms. The van der Waals surface area contributed by atoms with Crippen molar-refractivity contribution in [2.45, 2.75) is 16.7 Å². The van der Waals surface area contributed by atoms with E-state index in [0.29, 0.717) is 17.1 Å². The Morgan fingerprint density at radius 1 is 0.684 bits per heavy atom. The maximum atomic E-state index is 12.9. The number of sulfonamides is 2. The molecule has 3 N–H and O–H groups in total. The standard InChI is InChI=1S/C27H25N3O6S2/c1-19-11-16-26(36-2)25(17-19)30-38(34,35)24-14-12-21(13-15-24)28-27(31)20-7-6-8-22(18-20)29-37(32,33)23-9-4-3-5-10-23/h3-18,29-30H,1-2H3,(H,28,31). The molecule has 0 aliphatic heterocycles. The van der Waals surface area contributed by atoms with Crippen LogP contribution in [0.15, 0.2) is 107 Å². The third kappa shape index (κ3) is 6.31. The second-order valence-corrected chi connectivity index (χ2v) is 11.7. The minimum atomic E-state index is -3.91. The number of carbonyl (C=O) groups excluding carboxylic acids is 1. The van der Waals surface area contributed by atoms with E-state index in [1.165, 1.54) is 61.7 Å². The number of methoxy groups -OCH3 is 1. The third-order valence-corrected chi connectivity index (χ3v) is 8.23. The molecule has 4 aromatic rings. The van der Waals surface area contributed by atoms with Gasteiger partial charge in [0, 0.05) is 16.9 Å². The van der Waals surface area contributed by atoms with Crippen molar-refractivity contribution in [3.63, 3.8) is 0 Å². The zero-order chi connectivity index (χ0) is 27.3. The first kappa shape index (κ1) is 26.7. The summed E-state index contributed by atoms with van der Waals surface area (Å²) < 4.78 is 61.1. The van der Waals surface area contributed by atoms with E-state index in [2.05, 4.69) is 14.8 Å². The zero-order valence-electron chi connectivity index (χ0n) is 20.5. The van der Waals surface area contributed by atoms with Gasteiger partial charge in [0.25, 0.3) is 26.0 Å². The molecule has 0 fully saturated rings. The largest absolute Gasteiger partial charge is 0.495 e. The van der Waals surface area contributed by atoms with E-state index in [-0.39, 0.29) is 21.0 Å². The quantitative estimate of drug-likeness (QED) is 0.272. The molecule has 0 radical (unpaired) electrons. The molecule has 0 saturated carbocycles. The molecule has 0 aliphatic carbocycles. The van der Waals surface area contributed by atoms with Crippen molar-refractivity contribution in [3.05, 3.63) is 108 Å². The van der Waals surface area contributed by atoms with Crippen LogP contribution in [0.5, 0.6) is 5.75 Å². The lowest BCUT2D eigenvalue weighted by atomic mass is 10.2. The van der Waals surface area contributed by atoms with Crippen LogP contribution in [-0.4, -0.2) is 29.9 Å². The first-order chi connectivity index (χ1) is 18.1. The lowest BCUT2D eigenvalue weighted by Crippen LogP contribution is -2.16. The Morgan fingerprint density at radius 3 is 2.03 bits per heavy atom. The number of aryl methyl sites for hydroxylation is 1. The Bertz CT molecular complexity index is 1670. The topological polar surface area (TPSA) is 131 Å². The normalized spacial score (nSPS) is 11.4. The van der Waals surface area contributed by atoms with Crippen LogP contribution in [0.3, 0.4) is 0 Å². The highest BCUT2D eigenvalue weighted by Gasteiger charge is 2.18. The van der Waals surface area contributed by atoms with Crippen molar-refractivity contribution < 1.29 is 26.4 Å². The predicted molar refractivity (Wildman–Crippen MR) is 147 cm³/mol. The van der Waals surface area contributed by atoms with Crippen LogP contribution in [-0.2, 0) is 20.0 Å². The van der Waals surface area contributed by atoms with Crippen molar-refractivity contribution in [1.29, 1.82) is 0 Å². The minimum absolute atomic E-state index is 0.00336. The molecular weight excluding hydrogens is 526 g/mol. The molecule has 38 heavy (non-hydrogen) atoms. The van der Waals surface area contributed by atoms with E-state index in [1.54, 1.807) is 36.4 Å². The van der Waals surface area contributed by atoms with Crippen molar-refractivity contribution in [1.82, 2.24) is 0 Å². The maximum absolute atomic E-state index is 12.9. The third-order valence-electron chi connectivity index (χ3n) is 5.45. The summed E-state index contributed by atoms with van der Waals surface area (Å²) in [7, 11) is -6.28. The van der Waals surface area contributed by atoms with Gasteiger partial charge in [-0.05, 0) is 79.2 Å². The molecule has 9 nitrogen and oxygen atoms in total. The highest BCUT2D eigenvalue weighted by molar-refractivity contribution is 7.93. The number of ether oxygens (including phenoxy) is 1. The molecular formula is C27H25N3O6S2. The van der Waals surface area contributed by atoms with E-state index in [4.69, 9.17) is 4.74 Å². The van der Waals surface area contributed by atoms with Crippen LogP contribution < -0.4 is 19.5 Å². The van der Waals surface area contributed by atoms with Crippen LogP contribution in [0.4, 0.5) is 17.1 Å². The number of nitrogens with one attached hydrogen (secondary N) is 3. The number of carbonyl (C=O) groups is 1. The molecule has 0 unspecified atom stereocenters. The number of benzene rings is 4. The molecule has 11 heteroatoms. The Morgan fingerprint density at radius 2 is 1.34 bits per heavy atom. The summed E-state index contributed by atoms with van der Waals surface area (Å²) in [5.74, 6) is -0.111. The summed E-state index contributed by atoms with van der Waals surface area (Å²) in [4.78, 5) is 12.9. The molecule has 0 heterocycles. The Labute approximate surface area is 221 Å². The van der Waals surface area contributed by atoms with Crippen LogP contribution >= 0.6 is 0 Å². The number of anilines is 3. The van der Waals surface area contributed by atoms with Crippen molar-refractivity contribution in [3.8, 4) is 5.75 Å². The first-order valence-electron chi connectivity index (χ1n) is 11.3. The van der Waals surface area contributed by atoms with Gasteiger partial charge in [-0.3, -0.25) is 14.2 Å². The van der Waals surface area contributed by atoms with Gasteiger partial charge in [-0.2, -0.15) is 0 Å². The summed E-state index contributed by atoms with van der Waals surface area (Å²) >= 11 is 0. The lowest BCUT2D eigenvalue weighted by Gasteiger charge is -2.13. The van der Waals surface area contributed by atoms with Gasteiger partial charge < -0.3 is 10.1 Å². The van der Waals surface area contributed by atoms with Crippen LogP contribution in [0.1, 0.15) is 15.9 Å². The molecule has 0 atom stereocenters. The van der Waals surface area contributed by atoms with E-state index < -0.39 is 26.0 Å². The lowest BCUT2D eigenvalue weighted by molar-refractivity contribution is 0.102. The molecule has 1 amide bonds. The summed E-state index contributed by atoms with van der Waals surface area (Å²) in [6.07, 6.45) is 0. The van der Waals surface area contributed by atoms with Gasteiger partial charge in [-0.25, -0.2) is 16.8 Å². The number of amides is 1. The van der Waals surface area contributed by atoms with Crippen molar-refractivity contribution in [2.24, 2.45) is 0 Å². The van der Waals surface area contributed by atoms with E-state index in [9.17, 15) is 21.6 Å². The maximum Gasteiger partial charge on any atom is 0.262 e. The average molecular weight is 552 g/mol. The molecule has 0 bridgehead atoms. The van der Waals surface area contributed by atoms with Gasteiger partial charge in [0.05, 0.1) is 22.6 Å².